The van der Waals surface area contributed by atoms with Crippen LogP contribution in [0.15, 0.2) is 6.07 Å². The topological polar surface area (TPSA) is 70.1 Å². The van der Waals surface area contributed by atoms with Crippen LogP contribution in [0, 0.1) is 6.92 Å². The average Bonchev–Trinajstić information content (AvgIpc) is 2.32. The lowest BCUT2D eigenvalue weighted by molar-refractivity contribution is 0.116. The average molecular weight is 250 g/mol. The predicted octanol–water partition coefficient (Wildman–Crippen LogP) is 1.93. The molecule has 2 atom stereocenters. The van der Waals surface area contributed by atoms with E-state index in [0.717, 1.165) is 37.3 Å². The number of aliphatic hydroxyl groups excluding tert-OH is 1. The van der Waals surface area contributed by atoms with Crippen LogP contribution < -0.4 is 10.6 Å². The molecule has 0 amide bonds. The maximum atomic E-state index is 9.95. The largest absolute Gasteiger partial charge is 0.391 e. The number of hydrogen-bond acceptors (Lipinski definition) is 5. The maximum Gasteiger partial charge on any atom is 0.224 e. The Labute approximate surface area is 108 Å². The van der Waals surface area contributed by atoms with Gasteiger partial charge in [-0.15, -0.1) is 0 Å². The summed E-state index contributed by atoms with van der Waals surface area (Å²) in [6.45, 7) is 4.77. The van der Waals surface area contributed by atoms with Crippen molar-refractivity contribution in [3.63, 3.8) is 0 Å². The smallest absolute Gasteiger partial charge is 0.224 e. The molecule has 1 aliphatic carbocycles. The molecule has 0 spiro atoms. The summed E-state index contributed by atoms with van der Waals surface area (Å²) in [5, 5.41) is 16.4. The van der Waals surface area contributed by atoms with Gasteiger partial charge in [-0.1, -0.05) is 12.8 Å². The van der Waals surface area contributed by atoms with Gasteiger partial charge in [0.1, 0.15) is 5.82 Å². The molecule has 2 rings (SSSR count). The predicted molar refractivity (Wildman–Crippen MR) is 72.8 cm³/mol. The summed E-state index contributed by atoms with van der Waals surface area (Å²) in [5.41, 5.74) is 0.925. The Morgan fingerprint density at radius 3 is 2.83 bits per heavy atom. The molecule has 1 saturated carbocycles. The molecule has 3 N–H and O–H groups in total. The van der Waals surface area contributed by atoms with Gasteiger partial charge in [-0.05, 0) is 26.7 Å². The Bertz CT molecular complexity index is 397. The lowest BCUT2D eigenvalue weighted by Gasteiger charge is -2.28. The fraction of sp³-hybridized carbons (Fsp3) is 0.692. The minimum atomic E-state index is -0.267. The number of nitrogens with one attached hydrogen (secondary N) is 2. The van der Waals surface area contributed by atoms with E-state index in [1.54, 1.807) is 0 Å². The van der Waals surface area contributed by atoms with E-state index >= 15 is 0 Å². The van der Waals surface area contributed by atoms with Crippen molar-refractivity contribution in [1.29, 1.82) is 0 Å². The highest BCUT2D eigenvalue weighted by Crippen LogP contribution is 2.22. The van der Waals surface area contributed by atoms with E-state index in [1.807, 2.05) is 19.9 Å². The quantitative estimate of drug-likeness (QED) is 0.761. The van der Waals surface area contributed by atoms with Crippen molar-refractivity contribution >= 4 is 11.8 Å². The zero-order valence-electron chi connectivity index (χ0n) is 11.1. The van der Waals surface area contributed by atoms with Crippen LogP contribution in [-0.2, 0) is 0 Å². The molecule has 0 aromatic carbocycles. The minimum absolute atomic E-state index is 0.113. The van der Waals surface area contributed by atoms with Gasteiger partial charge in [0, 0.05) is 18.3 Å². The number of aromatic nitrogens is 2. The molecule has 1 aromatic heterocycles. The molecule has 0 bridgehead atoms. The Morgan fingerprint density at radius 1 is 1.33 bits per heavy atom. The second kappa shape index (κ2) is 6.00. The molecule has 100 valence electrons. The molecule has 1 aromatic rings. The number of hydrogen-bond donors (Lipinski definition) is 3. The number of aliphatic hydroxyl groups is 1. The van der Waals surface area contributed by atoms with E-state index in [9.17, 15) is 5.11 Å². The first-order valence-electron chi connectivity index (χ1n) is 6.73. The molecule has 0 radical (unpaired) electrons. The van der Waals surface area contributed by atoms with Crippen LogP contribution >= 0.6 is 0 Å². The monoisotopic (exact) mass is 250 g/mol. The van der Waals surface area contributed by atoms with Crippen LogP contribution in [0.1, 0.15) is 38.3 Å². The van der Waals surface area contributed by atoms with Gasteiger partial charge in [0.25, 0.3) is 0 Å². The SMILES string of the molecule is CCNc1nc(C)cc(NC2CCCCC2O)n1. The van der Waals surface area contributed by atoms with E-state index in [0.29, 0.717) is 5.95 Å². The van der Waals surface area contributed by atoms with Gasteiger partial charge in [0.15, 0.2) is 0 Å². The van der Waals surface area contributed by atoms with Crippen LogP contribution in [0.3, 0.4) is 0 Å². The summed E-state index contributed by atoms with van der Waals surface area (Å²) in [7, 11) is 0. The first-order chi connectivity index (χ1) is 8.69. The molecule has 1 fully saturated rings. The second-order valence-corrected chi connectivity index (χ2v) is 4.85. The number of nitrogens with zero attached hydrogens (tertiary/aromatic N) is 2. The summed E-state index contributed by atoms with van der Waals surface area (Å²) >= 11 is 0. The summed E-state index contributed by atoms with van der Waals surface area (Å²) in [4.78, 5) is 8.72. The zero-order chi connectivity index (χ0) is 13.0. The summed E-state index contributed by atoms with van der Waals surface area (Å²) in [6.07, 6.45) is 3.89. The van der Waals surface area contributed by atoms with E-state index in [2.05, 4.69) is 20.6 Å². The van der Waals surface area contributed by atoms with Gasteiger partial charge < -0.3 is 15.7 Å². The first kappa shape index (κ1) is 13.1. The highest BCUT2D eigenvalue weighted by molar-refractivity contribution is 5.43. The Balaban J connectivity index is 2.07. The van der Waals surface area contributed by atoms with E-state index in [1.165, 1.54) is 6.42 Å². The van der Waals surface area contributed by atoms with E-state index < -0.39 is 0 Å². The van der Waals surface area contributed by atoms with Crippen LogP contribution in [0.25, 0.3) is 0 Å². The first-order valence-corrected chi connectivity index (χ1v) is 6.73. The third kappa shape index (κ3) is 3.32. The Morgan fingerprint density at radius 2 is 2.11 bits per heavy atom. The highest BCUT2D eigenvalue weighted by atomic mass is 16.3. The third-order valence-electron chi connectivity index (χ3n) is 3.25. The summed E-state index contributed by atoms with van der Waals surface area (Å²) < 4.78 is 0. The molecule has 5 nitrogen and oxygen atoms in total. The molecular formula is C13H22N4O. The van der Waals surface area contributed by atoms with E-state index in [-0.39, 0.29) is 12.1 Å². The van der Waals surface area contributed by atoms with E-state index in [4.69, 9.17) is 0 Å². The molecule has 5 heteroatoms. The normalized spacial score (nSPS) is 23.7. The van der Waals surface area contributed by atoms with Gasteiger partial charge in [-0.3, -0.25) is 0 Å². The van der Waals surface area contributed by atoms with Gasteiger partial charge in [-0.2, -0.15) is 4.98 Å². The minimum Gasteiger partial charge on any atom is -0.391 e. The molecule has 1 aliphatic rings. The lowest BCUT2D eigenvalue weighted by Crippen LogP contribution is -2.36. The van der Waals surface area contributed by atoms with Crippen molar-refractivity contribution in [3.05, 3.63) is 11.8 Å². The highest BCUT2D eigenvalue weighted by Gasteiger charge is 2.23. The molecular weight excluding hydrogens is 228 g/mol. The number of anilines is 2. The summed E-state index contributed by atoms with van der Waals surface area (Å²) in [5.74, 6) is 1.44. The number of aryl methyl sites for hydroxylation is 1. The van der Waals surface area contributed by atoms with Crippen LogP contribution in [0.5, 0.6) is 0 Å². The maximum absolute atomic E-state index is 9.95. The van der Waals surface area contributed by atoms with Gasteiger partial charge in [0.2, 0.25) is 5.95 Å². The van der Waals surface area contributed by atoms with Crippen molar-refractivity contribution in [2.75, 3.05) is 17.2 Å². The molecule has 0 saturated heterocycles. The van der Waals surface area contributed by atoms with Crippen LogP contribution in [-0.4, -0.2) is 33.8 Å². The number of rotatable bonds is 4. The van der Waals surface area contributed by atoms with Gasteiger partial charge in [-0.25, -0.2) is 4.98 Å². The van der Waals surface area contributed by atoms with Crippen molar-refractivity contribution in [2.24, 2.45) is 0 Å². The molecule has 1 heterocycles. The fourth-order valence-electron chi connectivity index (χ4n) is 2.35. The Kier molecular flexibility index (Phi) is 4.36. The zero-order valence-corrected chi connectivity index (χ0v) is 11.1. The van der Waals surface area contributed by atoms with Gasteiger partial charge in [0.05, 0.1) is 12.1 Å². The van der Waals surface area contributed by atoms with Crippen molar-refractivity contribution in [3.8, 4) is 0 Å². The lowest BCUT2D eigenvalue weighted by atomic mass is 9.92. The van der Waals surface area contributed by atoms with Crippen LogP contribution in [0.2, 0.25) is 0 Å². The molecule has 0 aliphatic heterocycles. The van der Waals surface area contributed by atoms with Crippen molar-refractivity contribution < 1.29 is 5.11 Å². The van der Waals surface area contributed by atoms with Crippen LogP contribution in [0.4, 0.5) is 11.8 Å². The standard InChI is InChI=1S/C13H22N4O/c1-3-14-13-15-9(2)8-12(17-13)16-10-6-4-5-7-11(10)18/h8,10-11,18H,3-7H2,1-2H3,(H2,14,15,16,17). The molecule has 2 unspecified atom stereocenters. The van der Waals surface area contributed by atoms with Crippen molar-refractivity contribution in [2.45, 2.75) is 51.7 Å². The Hall–Kier alpha value is -1.36. The second-order valence-electron chi connectivity index (χ2n) is 4.85. The summed E-state index contributed by atoms with van der Waals surface area (Å²) in [6, 6.07) is 2.03. The fourth-order valence-corrected chi connectivity index (χ4v) is 2.35. The van der Waals surface area contributed by atoms with Crippen molar-refractivity contribution in [1.82, 2.24) is 9.97 Å². The third-order valence-corrected chi connectivity index (χ3v) is 3.25. The molecule has 18 heavy (non-hydrogen) atoms. The van der Waals surface area contributed by atoms with Gasteiger partial charge >= 0.3 is 0 Å².